The SMILES string of the molecule is C[C@H](NC(=O)CCCC1CCCCC1)C(=O)O. The molecule has 1 rings (SSSR count). The van der Waals surface area contributed by atoms with Crippen molar-refractivity contribution >= 4 is 11.9 Å². The van der Waals surface area contributed by atoms with Crippen molar-refractivity contribution in [3.8, 4) is 0 Å². The largest absolute Gasteiger partial charge is 0.480 e. The molecule has 4 nitrogen and oxygen atoms in total. The molecular weight excluding hydrogens is 218 g/mol. The van der Waals surface area contributed by atoms with E-state index in [0.29, 0.717) is 6.42 Å². The standard InChI is InChI=1S/C13H23NO3/c1-10(13(16)17)14-12(15)9-5-8-11-6-3-2-4-7-11/h10-11H,2-9H2,1H3,(H,14,15)(H,16,17)/t10-/m0/s1. The van der Waals surface area contributed by atoms with Gasteiger partial charge in [-0.25, -0.2) is 0 Å². The van der Waals surface area contributed by atoms with Crippen LogP contribution in [-0.4, -0.2) is 23.0 Å². The highest BCUT2D eigenvalue weighted by Crippen LogP contribution is 2.27. The summed E-state index contributed by atoms with van der Waals surface area (Å²) < 4.78 is 0. The summed E-state index contributed by atoms with van der Waals surface area (Å²) in [6.07, 6.45) is 9.04. The van der Waals surface area contributed by atoms with E-state index in [-0.39, 0.29) is 5.91 Å². The van der Waals surface area contributed by atoms with Crippen molar-refractivity contribution in [2.75, 3.05) is 0 Å². The zero-order valence-electron chi connectivity index (χ0n) is 10.6. The van der Waals surface area contributed by atoms with Gasteiger partial charge in [0.2, 0.25) is 5.91 Å². The van der Waals surface area contributed by atoms with Crippen molar-refractivity contribution in [1.29, 1.82) is 0 Å². The van der Waals surface area contributed by atoms with E-state index in [1.54, 1.807) is 0 Å². The van der Waals surface area contributed by atoms with E-state index >= 15 is 0 Å². The van der Waals surface area contributed by atoms with Gasteiger partial charge in [0.05, 0.1) is 0 Å². The first-order chi connectivity index (χ1) is 8.09. The number of nitrogens with one attached hydrogen (secondary N) is 1. The van der Waals surface area contributed by atoms with E-state index in [2.05, 4.69) is 5.32 Å². The van der Waals surface area contributed by atoms with Gasteiger partial charge in [-0.1, -0.05) is 32.1 Å². The van der Waals surface area contributed by atoms with Crippen LogP contribution in [0.15, 0.2) is 0 Å². The molecule has 1 atom stereocenters. The number of hydrogen-bond donors (Lipinski definition) is 2. The van der Waals surface area contributed by atoms with Crippen LogP contribution in [0.25, 0.3) is 0 Å². The van der Waals surface area contributed by atoms with E-state index in [1.165, 1.54) is 39.0 Å². The van der Waals surface area contributed by atoms with Gasteiger partial charge in [-0.3, -0.25) is 9.59 Å². The lowest BCUT2D eigenvalue weighted by molar-refractivity contribution is -0.141. The van der Waals surface area contributed by atoms with Crippen LogP contribution >= 0.6 is 0 Å². The molecule has 4 heteroatoms. The molecule has 0 bridgehead atoms. The van der Waals surface area contributed by atoms with E-state index < -0.39 is 12.0 Å². The highest BCUT2D eigenvalue weighted by atomic mass is 16.4. The Morgan fingerprint density at radius 2 is 1.94 bits per heavy atom. The second kappa shape index (κ2) is 7.30. The van der Waals surface area contributed by atoms with Gasteiger partial charge in [0.25, 0.3) is 0 Å². The van der Waals surface area contributed by atoms with Crippen LogP contribution in [0.4, 0.5) is 0 Å². The molecule has 0 radical (unpaired) electrons. The van der Waals surface area contributed by atoms with Gasteiger partial charge in [0.1, 0.15) is 6.04 Å². The summed E-state index contributed by atoms with van der Waals surface area (Å²) in [7, 11) is 0. The van der Waals surface area contributed by atoms with E-state index in [0.717, 1.165) is 18.8 Å². The summed E-state index contributed by atoms with van der Waals surface area (Å²) in [5.74, 6) is -0.338. The summed E-state index contributed by atoms with van der Waals surface area (Å²) in [5.41, 5.74) is 0. The Bertz CT molecular complexity index is 259. The number of carboxylic acids is 1. The van der Waals surface area contributed by atoms with Crippen molar-refractivity contribution in [2.45, 2.75) is 64.3 Å². The molecular formula is C13H23NO3. The number of hydrogen-bond acceptors (Lipinski definition) is 2. The quantitative estimate of drug-likeness (QED) is 0.750. The van der Waals surface area contributed by atoms with E-state index in [4.69, 9.17) is 5.11 Å². The molecule has 0 aromatic heterocycles. The first-order valence-corrected chi connectivity index (χ1v) is 6.61. The summed E-state index contributed by atoms with van der Waals surface area (Å²) in [6, 6.07) is -0.780. The zero-order valence-corrected chi connectivity index (χ0v) is 10.6. The smallest absolute Gasteiger partial charge is 0.325 e. The molecule has 2 N–H and O–H groups in total. The first kappa shape index (κ1) is 14.0. The lowest BCUT2D eigenvalue weighted by Crippen LogP contribution is -2.38. The van der Waals surface area contributed by atoms with Crippen LogP contribution in [0.2, 0.25) is 0 Å². The Labute approximate surface area is 103 Å². The van der Waals surface area contributed by atoms with Gasteiger partial charge in [-0.15, -0.1) is 0 Å². The summed E-state index contributed by atoms with van der Waals surface area (Å²) in [4.78, 5) is 22.0. The Balaban J connectivity index is 2.09. The lowest BCUT2D eigenvalue weighted by atomic mass is 9.86. The third kappa shape index (κ3) is 5.71. The number of carboxylic acid groups (broad SMARTS) is 1. The van der Waals surface area contributed by atoms with Gasteiger partial charge in [0.15, 0.2) is 0 Å². The molecule has 0 heterocycles. The summed E-state index contributed by atoms with van der Waals surface area (Å²) >= 11 is 0. The monoisotopic (exact) mass is 241 g/mol. The topological polar surface area (TPSA) is 66.4 Å². The number of rotatable bonds is 6. The molecule has 0 saturated heterocycles. The molecule has 0 unspecified atom stereocenters. The first-order valence-electron chi connectivity index (χ1n) is 6.61. The number of carbonyl (C=O) groups is 2. The predicted octanol–water partition coefficient (Wildman–Crippen LogP) is 2.33. The van der Waals surface area contributed by atoms with Gasteiger partial charge < -0.3 is 10.4 Å². The Hall–Kier alpha value is -1.06. The molecule has 1 saturated carbocycles. The maximum Gasteiger partial charge on any atom is 0.325 e. The maximum absolute atomic E-state index is 11.4. The van der Waals surface area contributed by atoms with Crippen molar-refractivity contribution in [2.24, 2.45) is 5.92 Å². The molecule has 1 aliphatic rings. The van der Waals surface area contributed by atoms with Crippen molar-refractivity contribution in [1.82, 2.24) is 5.32 Å². The Morgan fingerprint density at radius 1 is 1.29 bits per heavy atom. The predicted molar refractivity (Wildman–Crippen MR) is 65.7 cm³/mol. The molecule has 0 spiro atoms. The molecule has 0 aromatic carbocycles. The molecule has 1 aliphatic carbocycles. The second-order valence-corrected chi connectivity index (χ2v) is 5.02. The lowest BCUT2D eigenvalue weighted by Gasteiger charge is -2.21. The van der Waals surface area contributed by atoms with Crippen LogP contribution in [0.3, 0.4) is 0 Å². The molecule has 17 heavy (non-hydrogen) atoms. The van der Waals surface area contributed by atoms with Crippen LogP contribution in [-0.2, 0) is 9.59 Å². The van der Waals surface area contributed by atoms with Gasteiger partial charge >= 0.3 is 5.97 Å². The van der Waals surface area contributed by atoms with Crippen molar-refractivity contribution < 1.29 is 14.7 Å². The van der Waals surface area contributed by atoms with Crippen LogP contribution < -0.4 is 5.32 Å². The maximum atomic E-state index is 11.4. The minimum absolute atomic E-state index is 0.143. The third-order valence-corrected chi connectivity index (χ3v) is 3.49. The van der Waals surface area contributed by atoms with Crippen LogP contribution in [0.1, 0.15) is 58.3 Å². The molecule has 1 fully saturated rings. The number of carbonyl (C=O) groups excluding carboxylic acids is 1. The Kier molecular flexibility index (Phi) is 6.01. The molecule has 98 valence electrons. The highest BCUT2D eigenvalue weighted by Gasteiger charge is 2.16. The number of amides is 1. The Morgan fingerprint density at radius 3 is 2.53 bits per heavy atom. The average molecular weight is 241 g/mol. The van der Waals surface area contributed by atoms with Crippen LogP contribution in [0.5, 0.6) is 0 Å². The minimum atomic E-state index is -0.981. The van der Waals surface area contributed by atoms with Gasteiger partial charge in [0, 0.05) is 6.42 Å². The molecule has 0 aromatic rings. The van der Waals surface area contributed by atoms with Crippen molar-refractivity contribution in [3.05, 3.63) is 0 Å². The fourth-order valence-corrected chi connectivity index (χ4v) is 2.40. The van der Waals surface area contributed by atoms with Crippen LogP contribution in [0, 0.1) is 5.92 Å². The van der Waals surface area contributed by atoms with E-state index in [9.17, 15) is 9.59 Å². The van der Waals surface area contributed by atoms with Crippen molar-refractivity contribution in [3.63, 3.8) is 0 Å². The molecule has 1 amide bonds. The zero-order chi connectivity index (χ0) is 12.7. The third-order valence-electron chi connectivity index (χ3n) is 3.49. The fourth-order valence-electron chi connectivity index (χ4n) is 2.40. The minimum Gasteiger partial charge on any atom is -0.480 e. The number of aliphatic carboxylic acids is 1. The summed E-state index contributed by atoms with van der Waals surface area (Å²) in [5, 5.41) is 11.1. The average Bonchev–Trinajstić information content (AvgIpc) is 2.30. The van der Waals surface area contributed by atoms with Gasteiger partial charge in [-0.05, 0) is 25.7 Å². The highest BCUT2D eigenvalue weighted by molar-refractivity contribution is 5.83. The van der Waals surface area contributed by atoms with Gasteiger partial charge in [-0.2, -0.15) is 0 Å². The molecule has 0 aliphatic heterocycles. The summed E-state index contributed by atoms with van der Waals surface area (Å²) in [6.45, 7) is 1.49. The normalized spacial score (nSPS) is 18.6. The second-order valence-electron chi connectivity index (χ2n) is 5.02. The fraction of sp³-hybridized carbons (Fsp3) is 0.846. The van der Waals surface area contributed by atoms with E-state index in [1.807, 2.05) is 0 Å².